The smallest absolute Gasteiger partial charge is 0.240 e. The number of rotatable bonds is 6. The van der Waals surface area contributed by atoms with E-state index in [1.54, 1.807) is 7.11 Å². The molecule has 0 aliphatic rings. The molecule has 5 heteroatoms. The third kappa shape index (κ3) is 3.79. The monoisotopic (exact) mass is 261 g/mol. The molecule has 0 fully saturated rings. The van der Waals surface area contributed by atoms with E-state index in [2.05, 4.69) is 29.3 Å². The average molecular weight is 261 g/mol. The van der Waals surface area contributed by atoms with Gasteiger partial charge in [0.25, 0.3) is 0 Å². The Morgan fingerprint density at radius 3 is 2.84 bits per heavy atom. The zero-order chi connectivity index (χ0) is 13.7. The van der Waals surface area contributed by atoms with Gasteiger partial charge in [0.05, 0.1) is 13.7 Å². The van der Waals surface area contributed by atoms with Gasteiger partial charge in [0, 0.05) is 18.0 Å². The highest BCUT2D eigenvalue weighted by atomic mass is 16.5. The lowest BCUT2D eigenvalue weighted by atomic mass is 10.1. The van der Waals surface area contributed by atoms with Crippen molar-refractivity contribution in [3.8, 4) is 5.75 Å². The van der Waals surface area contributed by atoms with E-state index in [-0.39, 0.29) is 0 Å². The fourth-order valence-corrected chi connectivity index (χ4v) is 1.74. The molecule has 1 N–H and O–H groups in total. The van der Waals surface area contributed by atoms with Crippen LogP contribution in [-0.2, 0) is 13.0 Å². The standard InChI is InChI=1S/C14H19N3O2/c1-10(2)15-9-14-16-13(17-19-14)8-11-6-4-5-7-12(11)18-3/h4-7,10,15H,8-9H2,1-3H3. The number of methoxy groups -OCH3 is 1. The highest BCUT2D eigenvalue weighted by molar-refractivity contribution is 5.35. The van der Waals surface area contributed by atoms with E-state index < -0.39 is 0 Å². The molecule has 0 bridgehead atoms. The highest BCUT2D eigenvalue weighted by Gasteiger charge is 2.10. The van der Waals surface area contributed by atoms with Crippen molar-refractivity contribution in [2.45, 2.75) is 32.9 Å². The molecule has 1 aromatic carbocycles. The van der Waals surface area contributed by atoms with Crippen LogP contribution in [0.4, 0.5) is 0 Å². The zero-order valence-electron chi connectivity index (χ0n) is 11.5. The third-order valence-electron chi connectivity index (χ3n) is 2.71. The first kappa shape index (κ1) is 13.5. The van der Waals surface area contributed by atoms with Crippen LogP contribution < -0.4 is 10.1 Å². The number of hydrogen-bond acceptors (Lipinski definition) is 5. The molecular formula is C14H19N3O2. The van der Waals surface area contributed by atoms with Gasteiger partial charge in [-0.2, -0.15) is 4.98 Å². The Labute approximate surface area is 113 Å². The number of aromatic nitrogens is 2. The summed E-state index contributed by atoms with van der Waals surface area (Å²) in [5, 5.41) is 7.22. The van der Waals surface area contributed by atoms with Gasteiger partial charge < -0.3 is 14.6 Å². The molecule has 102 valence electrons. The lowest BCUT2D eigenvalue weighted by Gasteiger charge is -2.05. The maximum absolute atomic E-state index is 5.30. The van der Waals surface area contributed by atoms with E-state index in [9.17, 15) is 0 Å². The molecule has 19 heavy (non-hydrogen) atoms. The summed E-state index contributed by atoms with van der Waals surface area (Å²) >= 11 is 0. The normalized spacial score (nSPS) is 10.9. The van der Waals surface area contributed by atoms with Crippen molar-refractivity contribution in [1.82, 2.24) is 15.5 Å². The minimum Gasteiger partial charge on any atom is -0.496 e. The molecule has 2 aromatic rings. The van der Waals surface area contributed by atoms with Crippen LogP contribution in [0, 0.1) is 0 Å². The first-order chi connectivity index (χ1) is 9.19. The summed E-state index contributed by atoms with van der Waals surface area (Å²) in [6.07, 6.45) is 0.606. The second-order valence-electron chi connectivity index (χ2n) is 4.63. The first-order valence-electron chi connectivity index (χ1n) is 6.35. The second-order valence-corrected chi connectivity index (χ2v) is 4.63. The van der Waals surface area contributed by atoms with Crippen LogP contribution in [0.25, 0.3) is 0 Å². The van der Waals surface area contributed by atoms with E-state index in [4.69, 9.17) is 9.26 Å². The van der Waals surface area contributed by atoms with E-state index in [0.29, 0.717) is 30.7 Å². The average Bonchev–Trinajstić information content (AvgIpc) is 2.85. The van der Waals surface area contributed by atoms with Crippen molar-refractivity contribution in [2.24, 2.45) is 0 Å². The molecule has 1 aromatic heterocycles. The molecule has 0 atom stereocenters. The molecule has 5 nitrogen and oxygen atoms in total. The Balaban J connectivity index is 2.03. The Morgan fingerprint density at radius 2 is 2.11 bits per heavy atom. The molecule has 0 saturated carbocycles. The predicted octanol–water partition coefficient (Wildman–Crippen LogP) is 2.17. The number of nitrogens with zero attached hydrogens (tertiary/aromatic N) is 2. The molecule has 1 heterocycles. The van der Waals surface area contributed by atoms with Crippen LogP contribution in [0.3, 0.4) is 0 Å². The molecule has 0 aliphatic carbocycles. The lowest BCUT2D eigenvalue weighted by molar-refractivity contribution is 0.358. The molecule has 0 radical (unpaired) electrons. The van der Waals surface area contributed by atoms with Crippen molar-refractivity contribution in [3.63, 3.8) is 0 Å². The van der Waals surface area contributed by atoms with Crippen LogP contribution >= 0.6 is 0 Å². The number of nitrogens with one attached hydrogen (secondary N) is 1. The molecule has 0 unspecified atom stereocenters. The summed E-state index contributed by atoms with van der Waals surface area (Å²) < 4.78 is 10.5. The van der Waals surface area contributed by atoms with Gasteiger partial charge >= 0.3 is 0 Å². The number of hydrogen-bond donors (Lipinski definition) is 1. The largest absolute Gasteiger partial charge is 0.496 e. The Bertz CT molecular complexity index is 523. The Hall–Kier alpha value is -1.88. The van der Waals surface area contributed by atoms with Crippen LogP contribution in [0.5, 0.6) is 5.75 Å². The zero-order valence-corrected chi connectivity index (χ0v) is 11.5. The van der Waals surface area contributed by atoms with Crippen molar-refractivity contribution < 1.29 is 9.26 Å². The number of benzene rings is 1. The van der Waals surface area contributed by atoms with Crippen molar-refractivity contribution >= 4 is 0 Å². The van der Waals surface area contributed by atoms with Gasteiger partial charge in [0.2, 0.25) is 5.89 Å². The summed E-state index contributed by atoms with van der Waals surface area (Å²) in [6.45, 7) is 4.74. The number of para-hydroxylation sites is 1. The lowest BCUT2D eigenvalue weighted by Crippen LogP contribution is -2.21. The van der Waals surface area contributed by atoms with Crippen LogP contribution in [0.2, 0.25) is 0 Å². The molecule has 0 spiro atoms. The van der Waals surface area contributed by atoms with Gasteiger partial charge in [0.15, 0.2) is 5.82 Å². The summed E-state index contributed by atoms with van der Waals surface area (Å²) in [4.78, 5) is 4.36. The van der Waals surface area contributed by atoms with Crippen LogP contribution in [-0.4, -0.2) is 23.3 Å². The van der Waals surface area contributed by atoms with Gasteiger partial charge in [-0.25, -0.2) is 0 Å². The first-order valence-corrected chi connectivity index (χ1v) is 6.35. The van der Waals surface area contributed by atoms with Gasteiger partial charge in [0.1, 0.15) is 5.75 Å². The Kier molecular flexibility index (Phi) is 4.52. The fourth-order valence-electron chi connectivity index (χ4n) is 1.74. The van der Waals surface area contributed by atoms with Crippen LogP contribution in [0.15, 0.2) is 28.8 Å². The molecule has 2 rings (SSSR count). The summed E-state index contributed by atoms with van der Waals surface area (Å²) in [5.74, 6) is 2.12. The van der Waals surface area contributed by atoms with E-state index in [1.165, 1.54) is 0 Å². The van der Waals surface area contributed by atoms with E-state index >= 15 is 0 Å². The summed E-state index contributed by atoms with van der Waals surface area (Å²) in [5.41, 5.74) is 1.05. The quantitative estimate of drug-likeness (QED) is 0.863. The molecule has 0 aliphatic heterocycles. The minimum absolute atomic E-state index is 0.393. The minimum atomic E-state index is 0.393. The van der Waals surface area contributed by atoms with Crippen molar-refractivity contribution in [1.29, 1.82) is 0 Å². The van der Waals surface area contributed by atoms with Gasteiger partial charge in [-0.1, -0.05) is 37.2 Å². The maximum Gasteiger partial charge on any atom is 0.240 e. The summed E-state index contributed by atoms with van der Waals surface area (Å²) in [6, 6.07) is 8.23. The second kappa shape index (κ2) is 6.33. The van der Waals surface area contributed by atoms with E-state index in [0.717, 1.165) is 11.3 Å². The van der Waals surface area contributed by atoms with Crippen molar-refractivity contribution in [3.05, 3.63) is 41.5 Å². The third-order valence-corrected chi connectivity index (χ3v) is 2.71. The van der Waals surface area contributed by atoms with Gasteiger partial charge in [-0.05, 0) is 6.07 Å². The SMILES string of the molecule is COc1ccccc1Cc1noc(CNC(C)C)n1. The summed E-state index contributed by atoms with van der Waals surface area (Å²) in [7, 11) is 1.66. The fraction of sp³-hybridized carbons (Fsp3) is 0.429. The van der Waals surface area contributed by atoms with E-state index in [1.807, 2.05) is 24.3 Å². The van der Waals surface area contributed by atoms with Gasteiger partial charge in [-0.3, -0.25) is 0 Å². The van der Waals surface area contributed by atoms with Gasteiger partial charge in [-0.15, -0.1) is 0 Å². The predicted molar refractivity (Wildman–Crippen MR) is 72.1 cm³/mol. The molecule has 0 saturated heterocycles. The topological polar surface area (TPSA) is 60.2 Å². The van der Waals surface area contributed by atoms with Crippen molar-refractivity contribution in [2.75, 3.05) is 7.11 Å². The Morgan fingerprint density at radius 1 is 1.32 bits per heavy atom. The highest BCUT2D eigenvalue weighted by Crippen LogP contribution is 2.19. The number of ether oxygens (including phenoxy) is 1. The maximum atomic E-state index is 5.30. The van der Waals surface area contributed by atoms with Crippen LogP contribution in [0.1, 0.15) is 31.1 Å². The molecular weight excluding hydrogens is 242 g/mol. The molecule has 0 amide bonds.